The highest BCUT2D eigenvalue weighted by atomic mass is 79.9. The fourth-order valence-electron chi connectivity index (χ4n) is 2.25. The van der Waals surface area contributed by atoms with Gasteiger partial charge in [0.25, 0.3) is 0 Å². The summed E-state index contributed by atoms with van der Waals surface area (Å²) in [7, 11) is 0. The van der Waals surface area contributed by atoms with Gasteiger partial charge < -0.3 is 10.1 Å². The lowest BCUT2D eigenvalue weighted by Gasteiger charge is -2.23. The largest absolute Gasteiger partial charge is 0.492 e. The Hall–Kier alpha value is -0.250. The van der Waals surface area contributed by atoms with Crippen molar-refractivity contribution in [1.82, 2.24) is 5.32 Å². The molecule has 4 heteroatoms. The summed E-state index contributed by atoms with van der Waals surface area (Å²) in [5, 5.41) is 3.38. The van der Waals surface area contributed by atoms with Crippen molar-refractivity contribution in [3.63, 3.8) is 0 Å². The van der Waals surface area contributed by atoms with Gasteiger partial charge in [-0.05, 0) is 71.4 Å². The fourth-order valence-corrected chi connectivity index (χ4v) is 2.76. The number of benzene rings is 1. The first kappa shape index (κ1) is 16.8. The second kappa shape index (κ2) is 8.13. The molecule has 1 saturated heterocycles. The minimum atomic E-state index is 0. The molecule has 0 bridgehead atoms. The maximum atomic E-state index is 5.94. The number of rotatable bonds is 4. The molecule has 19 heavy (non-hydrogen) atoms. The monoisotopic (exact) mass is 347 g/mol. The third-order valence-electron chi connectivity index (χ3n) is 3.56. The standard InChI is InChI=1S/C15H22BrNO.ClH/c1-11(2)13-3-4-15(14(16)9-13)18-10-12-5-7-17-8-6-12;/h3-4,9,11-12,17H,5-8,10H2,1-2H3;1H. The predicted octanol–water partition coefficient (Wildman–Crippen LogP) is 4.37. The molecular formula is C15H23BrClNO. The van der Waals surface area contributed by atoms with E-state index in [0.29, 0.717) is 11.8 Å². The topological polar surface area (TPSA) is 21.3 Å². The van der Waals surface area contributed by atoms with E-state index in [9.17, 15) is 0 Å². The molecule has 0 unspecified atom stereocenters. The summed E-state index contributed by atoms with van der Waals surface area (Å²) in [6.07, 6.45) is 2.45. The number of ether oxygens (including phenoxy) is 1. The van der Waals surface area contributed by atoms with Crippen molar-refractivity contribution in [3.05, 3.63) is 28.2 Å². The lowest BCUT2D eigenvalue weighted by atomic mass is 9.99. The molecule has 1 heterocycles. The van der Waals surface area contributed by atoms with Gasteiger partial charge in [-0.1, -0.05) is 19.9 Å². The van der Waals surface area contributed by atoms with Gasteiger partial charge in [0.05, 0.1) is 11.1 Å². The normalized spacial score (nSPS) is 16.2. The second-order valence-corrected chi connectivity index (χ2v) is 6.20. The smallest absolute Gasteiger partial charge is 0.133 e. The van der Waals surface area contributed by atoms with Crippen molar-refractivity contribution in [2.75, 3.05) is 19.7 Å². The van der Waals surface area contributed by atoms with Gasteiger partial charge in [-0.2, -0.15) is 0 Å². The average Bonchev–Trinajstić information content (AvgIpc) is 2.38. The van der Waals surface area contributed by atoms with E-state index < -0.39 is 0 Å². The number of halogens is 2. The van der Waals surface area contributed by atoms with Crippen LogP contribution in [0.4, 0.5) is 0 Å². The highest BCUT2D eigenvalue weighted by Crippen LogP contribution is 2.29. The molecular weight excluding hydrogens is 326 g/mol. The van der Waals surface area contributed by atoms with Crippen LogP contribution in [-0.4, -0.2) is 19.7 Å². The second-order valence-electron chi connectivity index (χ2n) is 5.35. The molecule has 2 nitrogen and oxygen atoms in total. The Morgan fingerprint density at radius 2 is 2.00 bits per heavy atom. The predicted molar refractivity (Wildman–Crippen MR) is 86.6 cm³/mol. The van der Waals surface area contributed by atoms with Gasteiger partial charge in [0, 0.05) is 0 Å². The molecule has 0 aliphatic carbocycles. The van der Waals surface area contributed by atoms with Crippen molar-refractivity contribution in [2.45, 2.75) is 32.6 Å². The summed E-state index contributed by atoms with van der Waals surface area (Å²) < 4.78 is 7.01. The van der Waals surface area contributed by atoms with E-state index in [1.54, 1.807) is 0 Å². The van der Waals surface area contributed by atoms with Gasteiger partial charge in [0.15, 0.2) is 0 Å². The minimum Gasteiger partial charge on any atom is -0.492 e. The lowest BCUT2D eigenvalue weighted by Crippen LogP contribution is -2.30. The first-order chi connectivity index (χ1) is 8.66. The molecule has 1 aromatic carbocycles. The Morgan fingerprint density at radius 1 is 1.32 bits per heavy atom. The van der Waals surface area contributed by atoms with E-state index >= 15 is 0 Å². The summed E-state index contributed by atoms with van der Waals surface area (Å²) >= 11 is 3.60. The van der Waals surface area contributed by atoms with Crippen LogP contribution in [0.5, 0.6) is 5.75 Å². The third-order valence-corrected chi connectivity index (χ3v) is 4.18. The lowest BCUT2D eigenvalue weighted by molar-refractivity contribution is 0.214. The molecule has 1 aliphatic heterocycles. The van der Waals surface area contributed by atoms with Crippen LogP contribution in [0.1, 0.15) is 38.2 Å². The number of piperidine rings is 1. The molecule has 108 valence electrons. The number of hydrogen-bond donors (Lipinski definition) is 1. The zero-order valence-electron chi connectivity index (χ0n) is 11.6. The zero-order valence-corrected chi connectivity index (χ0v) is 14.0. The Bertz CT molecular complexity index is 392. The highest BCUT2D eigenvalue weighted by molar-refractivity contribution is 9.10. The van der Waals surface area contributed by atoms with Crippen LogP contribution in [0.15, 0.2) is 22.7 Å². The van der Waals surface area contributed by atoms with Crippen LogP contribution in [0.3, 0.4) is 0 Å². The molecule has 0 saturated carbocycles. The van der Waals surface area contributed by atoms with Gasteiger partial charge >= 0.3 is 0 Å². The molecule has 1 aliphatic rings. The van der Waals surface area contributed by atoms with Crippen molar-refractivity contribution >= 4 is 28.3 Å². The van der Waals surface area contributed by atoms with Crippen LogP contribution >= 0.6 is 28.3 Å². The Labute approximate surface area is 130 Å². The van der Waals surface area contributed by atoms with Gasteiger partial charge in [-0.15, -0.1) is 12.4 Å². The van der Waals surface area contributed by atoms with E-state index in [1.807, 2.05) is 0 Å². The first-order valence-corrected chi connectivity index (χ1v) is 7.59. The Balaban J connectivity index is 0.00000180. The van der Waals surface area contributed by atoms with E-state index in [4.69, 9.17) is 4.74 Å². The Kier molecular flexibility index (Phi) is 7.19. The van der Waals surface area contributed by atoms with Gasteiger partial charge in [0.1, 0.15) is 5.75 Å². The van der Waals surface area contributed by atoms with Gasteiger partial charge in [0.2, 0.25) is 0 Å². The van der Waals surface area contributed by atoms with Gasteiger partial charge in [-0.3, -0.25) is 0 Å². The number of nitrogens with one attached hydrogen (secondary N) is 1. The summed E-state index contributed by atoms with van der Waals surface area (Å²) in [4.78, 5) is 0. The fraction of sp³-hybridized carbons (Fsp3) is 0.600. The molecule has 1 N–H and O–H groups in total. The molecule has 0 radical (unpaired) electrons. The van der Waals surface area contributed by atoms with Crippen molar-refractivity contribution in [3.8, 4) is 5.75 Å². The van der Waals surface area contributed by atoms with Crippen LogP contribution in [-0.2, 0) is 0 Å². The maximum Gasteiger partial charge on any atom is 0.133 e. The molecule has 1 aromatic rings. The SMILES string of the molecule is CC(C)c1ccc(OCC2CCNCC2)c(Br)c1.Cl. The molecule has 0 spiro atoms. The van der Waals surface area contributed by atoms with Crippen LogP contribution in [0.2, 0.25) is 0 Å². The molecule has 0 atom stereocenters. The molecule has 2 rings (SSSR count). The molecule has 0 amide bonds. The van der Waals surface area contributed by atoms with E-state index in [-0.39, 0.29) is 12.4 Å². The van der Waals surface area contributed by atoms with Crippen LogP contribution in [0, 0.1) is 5.92 Å². The minimum absolute atomic E-state index is 0. The van der Waals surface area contributed by atoms with E-state index in [0.717, 1.165) is 29.9 Å². The summed E-state index contributed by atoms with van der Waals surface area (Å²) in [5.41, 5.74) is 1.34. The van der Waals surface area contributed by atoms with E-state index in [2.05, 4.69) is 53.3 Å². The quantitative estimate of drug-likeness (QED) is 0.872. The van der Waals surface area contributed by atoms with Gasteiger partial charge in [-0.25, -0.2) is 0 Å². The first-order valence-electron chi connectivity index (χ1n) is 6.80. The summed E-state index contributed by atoms with van der Waals surface area (Å²) in [6.45, 7) is 7.50. The van der Waals surface area contributed by atoms with Crippen molar-refractivity contribution in [2.24, 2.45) is 5.92 Å². The maximum absolute atomic E-state index is 5.94. The van der Waals surface area contributed by atoms with Crippen LogP contribution < -0.4 is 10.1 Å². The number of hydrogen-bond acceptors (Lipinski definition) is 2. The Morgan fingerprint density at radius 3 is 2.58 bits per heavy atom. The van der Waals surface area contributed by atoms with Crippen LogP contribution in [0.25, 0.3) is 0 Å². The summed E-state index contributed by atoms with van der Waals surface area (Å²) in [6, 6.07) is 6.41. The van der Waals surface area contributed by atoms with Crippen molar-refractivity contribution in [1.29, 1.82) is 0 Å². The zero-order chi connectivity index (χ0) is 13.0. The van der Waals surface area contributed by atoms with Crippen molar-refractivity contribution < 1.29 is 4.74 Å². The molecule has 1 fully saturated rings. The highest BCUT2D eigenvalue weighted by Gasteiger charge is 2.14. The third kappa shape index (κ3) is 4.97. The van der Waals surface area contributed by atoms with E-state index in [1.165, 1.54) is 18.4 Å². The average molecular weight is 349 g/mol. The molecule has 0 aromatic heterocycles. The summed E-state index contributed by atoms with van der Waals surface area (Å²) in [5.74, 6) is 2.22.